The first kappa shape index (κ1) is 12.8. The van der Waals surface area contributed by atoms with Crippen LogP contribution in [-0.4, -0.2) is 47.5 Å². The second-order valence-corrected chi connectivity index (χ2v) is 4.49. The number of carbonyl (C=O) groups is 1. The van der Waals surface area contributed by atoms with Gasteiger partial charge in [0.25, 0.3) is 5.95 Å². The first-order valence-electron chi connectivity index (χ1n) is 6.02. The van der Waals surface area contributed by atoms with Crippen LogP contribution in [0.15, 0.2) is 4.52 Å². The number of carboxylic acid groups (broad SMARTS) is 1. The quantitative estimate of drug-likeness (QED) is 0.822. The molecule has 0 bridgehead atoms. The molecular weight excluding hydrogens is 238 g/mol. The number of hydrogen-bond donors (Lipinski definition) is 1. The molecule has 0 aliphatic carbocycles. The van der Waals surface area contributed by atoms with E-state index < -0.39 is 5.97 Å². The summed E-state index contributed by atoms with van der Waals surface area (Å²) in [5, 5.41) is 12.6. The lowest BCUT2D eigenvalue weighted by molar-refractivity contribution is -0.137. The average molecular weight is 255 g/mol. The summed E-state index contributed by atoms with van der Waals surface area (Å²) in [5.74, 6) is 0.233. The van der Waals surface area contributed by atoms with E-state index in [1.807, 2.05) is 11.8 Å². The van der Waals surface area contributed by atoms with E-state index in [-0.39, 0.29) is 12.3 Å². The lowest BCUT2D eigenvalue weighted by Crippen LogP contribution is -2.36. The Morgan fingerprint density at radius 2 is 2.22 bits per heavy atom. The molecule has 0 amide bonds. The predicted octanol–water partition coefficient (Wildman–Crippen LogP) is 0.559. The topological polar surface area (TPSA) is 88.7 Å². The highest BCUT2D eigenvalue weighted by Gasteiger charge is 2.18. The third-order valence-corrected chi connectivity index (χ3v) is 2.80. The van der Waals surface area contributed by atoms with E-state index >= 15 is 0 Å². The fraction of sp³-hybridized carbons (Fsp3) is 0.727. The zero-order valence-corrected chi connectivity index (χ0v) is 10.3. The molecule has 0 saturated carbocycles. The molecule has 1 fully saturated rings. The summed E-state index contributed by atoms with van der Waals surface area (Å²) in [6.07, 6.45) is 0.596. The number of carboxylic acids is 1. The summed E-state index contributed by atoms with van der Waals surface area (Å²) in [6, 6.07) is 0. The molecule has 0 spiro atoms. The minimum absolute atomic E-state index is 0.0134. The summed E-state index contributed by atoms with van der Waals surface area (Å²) in [7, 11) is 0. The summed E-state index contributed by atoms with van der Waals surface area (Å²) in [4.78, 5) is 16.8. The molecule has 1 saturated heterocycles. The molecule has 7 nitrogen and oxygen atoms in total. The van der Waals surface area contributed by atoms with Crippen molar-refractivity contribution >= 4 is 11.9 Å². The molecule has 2 heterocycles. The lowest BCUT2D eigenvalue weighted by atomic mass is 10.0. The highest BCUT2D eigenvalue weighted by Crippen LogP contribution is 2.15. The Kier molecular flexibility index (Phi) is 4.14. The fourth-order valence-corrected chi connectivity index (χ4v) is 1.89. The molecule has 1 aromatic heterocycles. The van der Waals surface area contributed by atoms with Crippen molar-refractivity contribution in [3.63, 3.8) is 0 Å². The molecule has 0 radical (unpaired) electrons. The molecule has 0 aromatic carbocycles. The molecule has 7 heteroatoms. The fourth-order valence-electron chi connectivity index (χ4n) is 1.89. The van der Waals surface area contributed by atoms with E-state index in [0.29, 0.717) is 31.5 Å². The van der Waals surface area contributed by atoms with Crippen LogP contribution in [0, 0.1) is 5.92 Å². The zero-order chi connectivity index (χ0) is 13.0. The zero-order valence-electron chi connectivity index (χ0n) is 10.3. The Hall–Kier alpha value is -1.63. The highest BCUT2D eigenvalue weighted by atomic mass is 16.5. The van der Waals surface area contributed by atoms with Crippen molar-refractivity contribution in [2.75, 3.05) is 31.2 Å². The van der Waals surface area contributed by atoms with Gasteiger partial charge in [-0.15, -0.1) is 0 Å². The molecule has 1 aliphatic rings. The Labute approximate surface area is 105 Å². The second kappa shape index (κ2) is 5.81. The average Bonchev–Trinajstić information content (AvgIpc) is 2.77. The van der Waals surface area contributed by atoms with Gasteiger partial charge in [0.2, 0.25) is 5.89 Å². The molecule has 100 valence electrons. The maximum atomic E-state index is 10.6. The van der Waals surface area contributed by atoms with E-state index in [4.69, 9.17) is 14.4 Å². The van der Waals surface area contributed by atoms with Gasteiger partial charge in [-0.05, 0) is 11.1 Å². The van der Waals surface area contributed by atoms with Crippen molar-refractivity contribution in [2.45, 2.75) is 19.8 Å². The number of aliphatic carboxylic acids is 1. The highest BCUT2D eigenvalue weighted by molar-refractivity contribution is 5.66. The van der Waals surface area contributed by atoms with E-state index in [1.165, 1.54) is 0 Å². The van der Waals surface area contributed by atoms with Crippen molar-refractivity contribution in [2.24, 2.45) is 5.92 Å². The van der Waals surface area contributed by atoms with Crippen molar-refractivity contribution in [1.29, 1.82) is 0 Å². The number of hydrogen-bond acceptors (Lipinski definition) is 6. The smallest absolute Gasteiger partial charge is 0.303 e. The van der Waals surface area contributed by atoms with E-state index in [2.05, 4.69) is 10.1 Å². The SMILES string of the molecule is CC(CC(=O)O)Cc1nc(N2CCOCC2)no1. The standard InChI is InChI=1S/C11H17N3O4/c1-8(7-10(15)16)6-9-12-11(13-18-9)14-2-4-17-5-3-14/h8H,2-7H2,1H3,(H,15,16). The van der Waals surface area contributed by atoms with Crippen LogP contribution in [0.4, 0.5) is 5.95 Å². The van der Waals surface area contributed by atoms with Crippen LogP contribution in [-0.2, 0) is 16.0 Å². The predicted molar refractivity (Wildman–Crippen MR) is 62.5 cm³/mol. The van der Waals surface area contributed by atoms with Gasteiger partial charge in [0.15, 0.2) is 0 Å². The summed E-state index contributed by atoms with van der Waals surface area (Å²) in [5.41, 5.74) is 0. The van der Waals surface area contributed by atoms with E-state index in [1.54, 1.807) is 0 Å². The van der Waals surface area contributed by atoms with Gasteiger partial charge in [-0.3, -0.25) is 4.79 Å². The first-order chi connectivity index (χ1) is 8.65. The van der Waals surface area contributed by atoms with Gasteiger partial charge >= 0.3 is 5.97 Å². The molecule has 1 aliphatic heterocycles. The van der Waals surface area contributed by atoms with Gasteiger partial charge in [0, 0.05) is 25.9 Å². The first-order valence-corrected chi connectivity index (χ1v) is 6.02. The number of nitrogens with zero attached hydrogens (tertiary/aromatic N) is 3. The van der Waals surface area contributed by atoms with E-state index in [9.17, 15) is 4.79 Å². The van der Waals surface area contributed by atoms with Crippen LogP contribution in [0.25, 0.3) is 0 Å². The molecule has 1 atom stereocenters. The Morgan fingerprint density at radius 3 is 2.89 bits per heavy atom. The van der Waals surface area contributed by atoms with Crippen molar-refractivity contribution in [3.8, 4) is 0 Å². The molecule has 1 N–H and O–H groups in total. The van der Waals surface area contributed by atoms with Crippen molar-refractivity contribution < 1.29 is 19.2 Å². The number of anilines is 1. The van der Waals surface area contributed by atoms with Crippen molar-refractivity contribution in [1.82, 2.24) is 10.1 Å². The van der Waals surface area contributed by atoms with Gasteiger partial charge in [-0.2, -0.15) is 4.98 Å². The molecule has 1 unspecified atom stereocenters. The van der Waals surface area contributed by atoms with Crippen molar-refractivity contribution in [3.05, 3.63) is 5.89 Å². The van der Waals surface area contributed by atoms with Crippen LogP contribution in [0.1, 0.15) is 19.2 Å². The minimum Gasteiger partial charge on any atom is -0.481 e. The number of morpholine rings is 1. The number of aromatic nitrogens is 2. The second-order valence-electron chi connectivity index (χ2n) is 4.49. The Morgan fingerprint density at radius 1 is 1.50 bits per heavy atom. The third-order valence-electron chi connectivity index (χ3n) is 2.80. The Balaban J connectivity index is 1.91. The maximum absolute atomic E-state index is 10.6. The molecule has 18 heavy (non-hydrogen) atoms. The molecular formula is C11H17N3O4. The normalized spacial score (nSPS) is 17.7. The monoisotopic (exact) mass is 255 g/mol. The van der Waals surface area contributed by atoms with Gasteiger partial charge < -0.3 is 19.3 Å². The molecule has 2 rings (SSSR count). The number of rotatable bonds is 5. The van der Waals surface area contributed by atoms with E-state index in [0.717, 1.165) is 13.1 Å². The van der Waals surface area contributed by atoms with Crippen LogP contribution >= 0.6 is 0 Å². The lowest BCUT2D eigenvalue weighted by Gasteiger charge is -2.24. The van der Waals surface area contributed by atoms with Gasteiger partial charge in [0.1, 0.15) is 0 Å². The molecule has 1 aromatic rings. The van der Waals surface area contributed by atoms with Crippen LogP contribution in [0.5, 0.6) is 0 Å². The summed E-state index contributed by atoms with van der Waals surface area (Å²) in [6.45, 7) is 4.69. The van der Waals surface area contributed by atoms with Crippen LogP contribution in [0.3, 0.4) is 0 Å². The van der Waals surface area contributed by atoms with Gasteiger partial charge in [-0.25, -0.2) is 0 Å². The minimum atomic E-state index is -0.810. The summed E-state index contributed by atoms with van der Waals surface area (Å²) < 4.78 is 10.4. The number of ether oxygens (including phenoxy) is 1. The van der Waals surface area contributed by atoms with Gasteiger partial charge in [-0.1, -0.05) is 6.92 Å². The third kappa shape index (κ3) is 3.43. The van der Waals surface area contributed by atoms with Gasteiger partial charge in [0.05, 0.1) is 13.2 Å². The summed E-state index contributed by atoms with van der Waals surface area (Å²) >= 11 is 0. The van der Waals surface area contributed by atoms with Crippen LogP contribution < -0.4 is 4.90 Å². The Bertz CT molecular complexity index is 401. The maximum Gasteiger partial charge on any atom is 0.303 e. The largest absolute Gasteiger partial charge is 0.481 e. The van der Waals surface area contributed by atoms with Crippen LogP contribution in [0.2, 0.25) is 0 Å².